The zero-order valence-corrected chi connectivity index (χ0v) is 14.8. The van der Waals surface area contributed by atoms with Crippen molar-refractivity contribution in [3.05, 3.63) is 64.8 Å². The van der Waals surface area contributed by atoms with Crippen LogP contribution in [0, 0.1) is 6.92 Å². The number of hydrogen-bond donors (Lipinski definition) is 1. The summed E-state index contributed by atoms with van der Waals surface area (Å²) >= 11 is 0. The zero-order chi connectivity index (χ0) is 17.6. The summed E-state index contributed by atoms with van der Waals surface area (Å²) in [6.07, 6.45) is 1.97. The number of nitrogens with zero attached hydrogens (tertiary/aromatic N) is 1. The highest BCUT2D eigenvalue weighted by Gasteiger charge is 2.26. The minimum atomic E-state index is -0.0157. The molecule has 0 unspecified atom stereocenters. The SMILES string of the molecule is COc1ccc2c(c1)c(C(=O)N[C@@H]1CCc3ccccc31)c(C)n2C. The molecule has 1 atom stereocenters. The molecule has 25 heavy (non-hydrogen) atoms. The summed E-state index contributed by atoms with van der Waals surface area (Å²) in [5, 5.41) is 4.18. The Hall–Kier alpha value is -2.75. The molecule has 2 aromatic carbocycles. The third-order valence-corrected chi connectivity index (χ3v) is 5.36. The fraction of sp³-hybridized carbons (Fsp3) is 0.286. The van der Waals surface area contributed by atoms with Gasteiger partial charge >= 0.3 is 0 Å². The van der Waals surface area contributed by atoms with Crippen molar-refractivity contribution in [3.8, 4) is 5.75 Å². The largest absolute Gasteiger partial charge is 0.497 e. The molecule has 3 aromatic rings. The summed E-state index contributed by atoms with van der Waals surface area (Å²) in [6.45, 7) is 1.99. The predicted molar refractivity (Wildman–Crippen MR) is 99.2 cm³/mol. The van der Waals surface area contributed by atoms with Gasteiger partial charge in [-0.1, -0.05) is 24.3 Å². The molecule has 0 saturated heterocycles. The minimum absolute atomic E-state index is 0.0157. The Labute approximate surface area is 147 Å². The van der Waals surface area contributed by atoms with Crippen molar-refractivity contribution in [2.24, 2.45) is 7.05 Å². The molecule has 0 saturated carbocycles. The topological polar surface area (TPSA) is 43.3 Å². The molecule has 1 aliphatic rings. The number of fused-ring (bicyclic) bond motifs is 2. The van der Waals surface area contributed by atoms with E-state index in [1.165, 1.54) is 11.1 Å². The Kier molecular flexibility index (Phi) is 3.75. The van der Waals surface area contributed by atoms with E-state index in [4.69, 9.17) is 4.74 Å². The fourth-order valence-corrected chi connectivity index (χ4v) is 3.90. The van der Waals surface area contributed by atoms with Crippen LogP contribution in [-0.2, 0) is 13.5 Å². The van der Waals surface area contributed by atoms with Gasteiger partial charge in [0.15, 0.2) is 0 Å². The lowest BCUT2D eigenvalue weighted by Gasteiger charge is -2.14. The average Bonchev–Trinajstić information content (AvgIpc) is 3.14. The molecule has 128 valence electrons. The summed E-state index contributed by atoms with van der Waals surface area (Å²) in [6, 6.07) is 14.3. The lowest BCUT2D eigenvalue weighted by Crippen LogP contribution is -2.27. The molecule has 4 heteroatoms. The van der Waals surface area contributed by atoms with Gasteiger partial charge in [0.05, 0.1) is 18.7 Å². The van der Waals surface area contributed by atoms with Crippen molar-refractivity contribution in [3.63, 3.8) is 0 Å². The molecule has 4 nitrogen and oxygen atoms in total. The van der Waals surface area contributed by atoms with Crippen LogP contribution in [0.25, 0.3) is 10.9 Å². The molecule has 1 heterocycles. The highest BCUT2D eigenvalue weighted by atomic mass is 16.5. The fourth-order valence-electron chi connectivity index (χ4n) is 3.90. The summed E-state index contributed by atoms with van der Waals surface area (Å²) in [5.41, 5.74) is 5.32. The van der Waals surface area contributed by atoms with E-state index in [1.54, 1.807) is 7.11 Å². The Morgan fingerprint density at radius 1 is 1.24 bits per heavy atom. The molecule has 0 spiro atoms. The quantitative estimate of drug-likeness (QED) is 0.789. The van der Waals surface area contributed by atoms with Crippen LogP contribution in [0.15, 0.2) is 42.5 Å². The number of carbonyl (C=O) groups is 1. The van der Waals surface area contributed by atoms with Crippen LogP contribution in [0.3, 0.4) is 0 Å². The number of amides is 1. The highest BCUT2D eigenvalue weighted by molar-refractivity contribution is 6.09. The molecule has 4 rings (SSSR count). The van der Waals surface area contributed by atoms with Gasteiger partial charge in [-0.25, -0.2) is 0 Å². The number of aryl methyl sites for hydroxylation is 2. The number of nitrogens with one attached hydrogen (secondary N) is 1. The predicted octanol–water partition coefficient (Wildman–Crippen LogP) is 3.91. The smallest absolute Gasteiger partial charge is 0.254 e. The van der Waals surface area contributed by atoms with Crippen LogP contribution in [-0.4, -0.2) is 17.6 Å². The van der Waals surface area contributed by atoms with Gasteiger partial charge in [0, 0.05) is 23.6 Å². The van der Waals surface area contributed by atoms with E-state index < -0.39 is 0 Å². The number of ether oxygens (including phenoxy) is 1. The first-order valence-corrected chi connectivity index (χ1v) is 8.62. The number of benzene rings is 2. The monoisotopic (exact) mass is 334 g/mol. The first kappa shape index (κ1) is 15.8. The Morgan fingerprint density at radius 2 is 2.04 bits per heavy atom. The molecule has 1 aromatic heterocycles. The second kappa shape index (κ2) is 5.96. The molecule has 0 fully saturated rings. The van der Waals surface area contributed by atoms with Crippen molar-refractivity contribution >= 4 is 16.8 Å². The van der Waals surface area contributed by atoms with Crippen molar-refractivity contribution in [1.29, 1.82) is 0 Å². The van der Waals surface area contributed by atoms with Crippen molar-refractivity contribution < 1.29 is 9.53 Å². The zero-order valence-electron chi connectivity index (χ0n) is 14.8. The maximum Gasteiger partial charge on any atom is 0.254 e. The lowest BCUT2D eigenvalue weighted by molar-refractivity contribution is 0.0937. The molecule has 1 N–H and O–H groups in total. The van der Waals surface area contributed by atoms with Gasteiger partial charge < -0.3 is 14.6 Å². The minimum Gasteiger partial charge on any atom is -0.497 e. The van der Waals surface area contributed by atoms with E-state index in [-0.39, 0.29) is 11.9 Å². The lowest BCUT2D eigenvalue weighted by atomic mass is 10.1. The number of carbonyl (C=O) groups excluding carboxylic acids is 1. The molecular weight excluding hydrogens is 312 g/mol. The number of methoxy groups -OCH3 is 1. The van der Waals surface area contributed by atoms with E-state index >= 15 is 0 Å². The normalized spacial score (nSPS) is 16.0. The van der Waals surface area contributed by atoms with Crippen molar-refractivity contribution in [2.45, 2.75) is 25.8 Å². The van der Waals surface area contributed by atoms with Gasteiger partial charge in [0.2, 0.25) is 0 Å². The van der Waals surface area contributed by atoms with Gasteiger partial charge in [-0.05, 0) is 49.1 Å². The Morgan fingerprint density at radius 3 is 2.84 bits per heavy atom. The van der Waals surface area contributed by atoms with Crippen LogP contribution in [0.1, 0.15) is 39.6 Å². The molecule has 0 bridgehead atoms. The van der Waals surface area contributed by atoms with Crippen LogP contribution >= 0.6 is 0 Å². The van der Waals surface area contributed by atoms with E-state index in [9.17, 15) is 4.79 Å². The summed E-state index contributed by atoms with van der Waals surface area (Å²) in [4.78, 5) is 13.1. The molecule has 0 aliphatic heterocycles. The second-order valence-corrected chi connectivity index (χ2v) is 6.67. The Balaban J connectivity index is 1.72. The summed E-state index contributed by atoms with van der Waals surface area (Å²) in [5.74, 6) is 0.747. The maximum absolute atomic E-state index is 13.1. The Bertz CT molecular complexity index is 971. The van der Waals surface area contributed by atoms with Crippen LogP contribution in [0.4, 0.5) is 0 Å². The molecular formula is C21H22N2O2. The molecule has 1 aliphatic carbocycles. The van der Waals surface area contributed by atoms with Gasteiger partial charge in [0.25, 0.3) is 5.91 Å². The van der Waals surface area contributed by atoms with Crippen LogP contribution in [0.5, 0.6) is 5.75 Å². The van der Waals surface area contributed by atoms with E-state index in [1.807, 2.05) is 38.2 Å². The van der Waals surface area contributed by atoms with Gasteiger partial charge in [0.1, 0.15) is 5.75 Å². The van der Waals surface area contributed by atoms with E-state index in [2.05, 4.69) is 28.1 Å². The number of hydrogen-bond acceptors (Lipinski definition) is 2. The average molecular weight is 334 g/mol. The number of aromatic nitrogens is 1. The third kappa shape index (κ3) is 2.49. The van der Waals surface area contributed by atoms with Gasteiger partial charge in [-0.2, -0.15) is 0 Å². The van der Waals surface area contributed by atoms with Crippen LogP contribution in [0.2, 0.25) is 0 Å². The maximum atomic E-state index is 13.1. The first-order chi connectivity index (χ1) is 12.1. The summed E-state index contributed by atoms with van der Waals surface area (Å²) in [7, 11) is 3.64. The molecule has 0 radical (unpaired) electrons. The standard InChI is InChI=1S/C21H22N2O2/c1-13-20(17-12-15(25-3)9-11-19(17)23(13)2)21(24)22-18-10-8-14-6-4-5-7-16(14)18/h4-7,9,11-12,18H,8,10H2,1-3H3,(H,22,24)/t18-/m1/s1. The highest BCUT2D eigenvalue weighted by Crippen LogP contribution is 2.33. The summed E-state index contributed by atoms with van der Waals surface area (Å²) < 4.78 is 7.41. The number of rotatable bonds is 3. The van der Waals surface area contributed by atoms with Crippen molar-refractivity contribution in [1.82, 2.24) is 9.88 Å². The van der Waals surface area contributed by atoms with Gasteiger partial charge in [-0.3, -0.25) is 4.79 Å². The first-order valence-electron chi connectivity index (χ1n) is 8.62. The molecule has 1 amide bonds. The second-order valence-electron chi connectivity index (χ2n) is 6.67. The third-order valence-electron chi connectivity index (χ3n) is 5.36. The van der Waals surface area contributed by atoms with E-state index in [0.29, 0.717) is 0 Å². The van der Waals surface area contributed by atoms with Gasteiger partial charge in [-0.15, -0.1) is 0 Å². The van der Waals surface area contributed by atoms with Crippen molar-refractivity contribution in [2.75, 3.05) is 7.11 Å². The van der Waals surface area contributed by atoms with E-state index in [0.717, 1.165) is 40.8 Å². The van der Waals surface area contributed by atoms with Crippen LogP contribution < -0.4 is 10.1 Å².